The van der Waals surface area contributed by atoms with Crippen LogP contribution in [0.25, 0.3) is 0 Å². The summed E-state index contributed by atoms with van der Waals surface area (Å²) < 4.78 is 1.60. The van der Waals surface area contributed by atoms with Gasteiger partial charge in [0.25, 0.3) is 0 Å². The third kappa shape index (κ3) is 3.20. The second-order valence-electron chi connectivity index (χ2n) is 2.70. The van der Waals surface area contributed by atoms with Gasteiger partial charge in [-0.25, -0.2) is 4.79 Å². The van der Waals surface area contributed by atoms with Crippen LogP contribution in [0.1, 0.15) is 18.5 Å². The molecule has 0 aromatic carbocycles. The molecule has 0 radical (unpaired) electrons. The van der Waals surface area contributed by atoms with Gasteiger partial charge in [0, 0.05) is 19.7 Å². The van der Waals surface area contributed by atoms with E-state index in [4.69, 9.17) is 5.26 Å². The zero-order valence-corrected chi connectivity index (χ0v) is 7.30. The lowest BCUT2D eigenvalue weighted by atomic mass is 10.2. The van der Waals surface area contributed by atoms with Crippen LogP contribution < -0.4 is 0 Å². The SMILES string of the molecule is Cn1cc(CCCC(=O)OO)nn1. The Labute approximate surface area is 75.1 Å². The van der Waals surface area contributed by atoms with Crippen LogP contribution >= 0.6 is 0 Å². The van der Waals surface area contributed by atoms with Gasteiger partial charge in [-0.1, -0.05) is 5.21 Å². The van der Waals surface area contributed by atoms with Gasteiger partial charge in [-0.2, -0.15) is 5.26 Å². The number of rotatable bonds is 4. The van der Waals surface area contributed by atoms with Crippen LogP contribution in [0, 0.1) is 0 Å². The predicted molar refractivity (Wildman–Crippen MR) is 42.7 cm³/mol. The van der Waals surface area contributed by atoms with Crippen molar-refractivity contribution in [3.63, 3.8) is 0 Å². The number of aryl methyl sites for hydroxylation is 2. The molecule has 0 saturated heterocycles. The van der Waals surface area contributed by atoms with Gasteiger partial charge in [-0.05, 0) is 12.8 Å². The molecule has 0 fully saturated rings. The summed E-state index contributed by atoms with van der Waals surface area (Å²) >= 11 is 0. The molecule has 0 bridgehead atoms. The van der Waals surface area contributed by atoms with Crippen LogP contribution in [0.4, 0.5) is 0 Å². The van der Waals surface area contributed by atoms with Gasteiger partial charge in [0.05, 0.1) is 5.69 Å². The molecule has 0 aliphatic heterocycles. The van der Waals surface area contributed by atoms with E-state index in [1.807, 2.05) is 0 Å². The van der Waals surface area contributed by atoms with Crippen LogP contribution in [-0.4, -0.2) is 26.2 Å². The zero-order chi connectivity index (χ0) is 9.68. The number of aromatic nitrogens is 3. The van der Waals surface area contributed by atoms with Gasteiger partial charge >= 0.3 is 5.97 Å². The van der Waals surface area contributed by atoms with Crippen molar-refractivity contribution < 1.29 is 14.9 Å². The van der Waals surface area contributed by atoms with Crippen molar-refractivity contribution >= 4 is 5.97 Å². The Bertz CT molecular complexity index is 284. The van der Waals surface area contributed by atoms with Gasteiger partial charge in [-0.15, -0.1) is 5.10 Å². The predicted octanol–water partition coefficient (Wildman–Crippen LogP) is 0.154. The van der Waals surface area contributed by atoms with E-state index < -0.39 is 5.97 Å². The van der Waals surface area contributed by atoms with Crippen molar-refractivity contribution in [2.24, 2.45) is 7.05 Å². The fourth-order valence-electron chi connectivity index (χ4n) is 0.969. The lowest BCUT2D eigenvalue weighted by Gasteiger charge is -1.94. The fraction of sp³-hybridized carbons (Fsp3) is 0.571. The van der Waals surface area contributed by atoms with Crippen LogP contribution in [-0.2, 0) is 23.2 Å². The van der Waals surface area contributed by atoms with Gasteiger partial charge in [-0.3, -0.25) is 4.68 Å². The molecule has 0 unspecified atom stereocenters. The first-order chi connectivity index (χ1) is 6.22. The molecule has 6 nitrogen and oxygen atoms in total. The van der Waals surface area contributed by atoms with E-state index in [2.05, 4.69) is 15.2 Å². The maximum absolute atomic E-state index is 10.5. The Kier molecular flexibility index (Phi) is 3.39. The molecule has 0 atom stereocenters. The Balaban J connectivity index is 2.24. The molecule has 1 rings (SSSR count). The third-order valence-electron chi connectivity index (χ3n) is 1.57. The van der Waals surface area contributed by atoms with E-state index in [1.54, 1.807) is 17.9 Å². The van der Waals surface area contributed by atoms with E-state index in [0.29, 0.717) is 12.8 Å². The summed E-state index contributed by atoms with van der Waals surface area (Å²) in [5.74, 6) is -0.621. The van der Waals surface area contributed by atoms with Gasteiger partial charge in [0.15, 0.2) is 0 Å². The summed E-state index contributed by atoms with van der Waals surface area (Å²) in [6, 6.07) is 0. The molecule has 72 valence electrons. The van der Waals surface area contributed by atoms with E-state index in [-0.39, 0.29) is 6.42 Å². The molecule has 13 heavy (non-hydrogen) atoms. The summed E-state index contributed by atoms with van der Waals surface area (Å²) in [4.78, 5) is 14.0. The Morgan fingerprint density at radius 3 is 3.08 bits per heavy atom. The topological polar surface area (TPSA) is 77.2 Å². The number of carbonyl (C=O) groups is 1. The standard InChI is InChI=1S/C7H11N3O3/c1-10-5-6(8-9-10)3-2-4-7(11)13-12/h5,12H,2-4H2,1H3. The second-order valence-corrected chi connectivity index (χ2v) is 2.70. The van der Waals surface area contributed by atoms with E-state index >= 15 is 0 Å². The van der Waals surface area contributed by atoms with Crippen molar-refractivity contribution in [3.05, 3.63) is 11.9 Å². The highest BCUT2D eigenvalue weighted by molar-refractivity contribution is 5.68. The van der Waals surface area contributed by atoms with Crippen molar-refractivity contribution in [1.29, 1.82) is 0 Å². The quantitative estimate of drug-likeness (QED) is 0.533. The van der Waals surface area contributed by atoms with E-state index in [0.717, 1.165) is 5.69 Å². The molecule has 1 aromatic heterocycles. The van der Waals surface area contributed by atoms with E-state index in [9.17, 15) is 4.79 Å². The van der Waals surface area contributed by atoms with Gasteiger partial charge in [0.2, 0.25) is 0 Å². The maximum atomic E-state index is 10.5. The first kappa shape index (κ1) is 9.66. The average Bonchev–Trinajstić information content (AvgIpc) is 2.51. The van der Waals surface area contributed by atoms with Gasteiger partial charge < -0.3 is 4.89 Å². The molecule has 0 aliphatic rings. The molecule has 6 heteroatoms. The van der Waals surface area contributed by atoms with Crippen molar-refractivity contribution in [1.82, 2.24) is 15.0 Å². The minimum Gasteiger partial charge on any atom is -0.301 e. The van der Waals surface area contributed by atoms with E-state index in [1.165, 1.54) is 0 Å². The minimum atomic E-state index is -0.621. The molecule has 1 aromatic rings. The number of hydrogen-bond donors (Lipinski definition) is 1. The molecule has 0 saturated carbocycles. The largest absolute Gasteiger partial charge is 0.342 e. The highest BCUT2D eigenvalue weighted by Gasteiger charge is 2.03. The summed E-state index contributed by atoms with van der Waals surface area (Å²) in [5, 5.41) is 15.5. The highest BCUT2D eigenvalue weighted by Crippen LogP contribution is 2.00. The van der Waals surface area contributed by atoms with Crippen molar-refractivity contribution in [3.8, 4) is 0 Å². The normalized spacial score (nSPS) is 10.0. The molecular formula is C7H11N3O3. The molecule has 0 aliphatic carbocycles. The van der Waals surface area contributed by atoms with Crippen molar-refractivity contribution in [2.45, 2.75) is 19.3 Å². The third-order valence-corrected chi connectivity index (χ3v) is 1.57. The first-order valence-corrected chi connectivity index (χ1v) is 3.92. The Hall–Kier alpha value is -1.43. The Morgan fingerprint density at radius 1 is 1.77 bits per heavy atom. The monoisotopic (exact) mass is 185 g/mol. The Morgan fingerprint density at radius 2 is 2.54 bits per heavy atom. The molecular weight excluding hydrogens is 174 g/mol. The number of hydrogen-bond acceptors (Lipinski definition) is 5. The molecule has 0 spiro atoms. The lowest BCUT2D eigenvalue weighted by molar-refractivity contribution is -0.234. The molecule has 1 heterocycles. The summed E-state index contributed by atoms with van der Waals surface area (Å²) in [6.07, 6.45) is 3.22. The second kappa shape index (κ2) is 4.56. The van der Waals surface area contributed by atoms with Gasteiger partial charge in [0.1, 0.15) is 0 Å². The van der Waals surface area contributed by atoms with Crippen LogP contribution in [0.3, 0.4) is 0 Å². The fourth-order valence-corrected chi connectivity index (χ4v) is 0.969. The minimum absolute atomic E-state index is 0.188. The summed E-state index contributed by atoms with van der Waals surface area (Å²) in [5.41, 5.74) is 0.827. The maximum Gasteiger partial charge on any atom is 0.342 e. The smallest absolute Gasteiger partial charge is 0.301 e. The summed E-state index contributed by atoms with van der Waals surface area (Å²) in [7, 11) is 1.78. The van der Waals surface area contributed by atoms with Crippen LogP contribution in [0.2, 0.25) is 0 Å². The molecule has 1 N–H and O–H groups in total. The summed E-state index contributed by atoms with van der Waals surface area (Å²) in [6.45, 7) is 0. The first-order valence-electron chi connectivity index (χ1n) is 3.92. The zero-order valence-electron chi connectivity index (χ0n) is 7.30. The van der Waals surface area contributed by atoms with Crippen LogP contribution in [0.5, 0.6) is 0 Å². The lowest BCUT2D eigenvalue weighted by Crippen LogP contribution is -2.01. The highest BCUT2D eigenvalue weighted by atomic mass is 17.1. The average molecular weight is 185 g/mol. The van der Waals surface area contributed by atoms with Crippen molar-refractivity contribution in [2.75, 3.05) is 0 Å². The molecule has 0 amide bonds. The van der Waals surface area contributed by atoms with Crippen LogP contribution in [0.15, 0.2) is 6.20 Å². The number of carbonyl (C=O) groups excluding carboxylic acids is 1. The number of nitrogens with zero attached hydrogens (tertiary/aromatic N) is 3.